The number of nitrogens with one attached hydrogen (secondary N) is 1. The Kier molecular flexibility index (Phi) is 7.25. The second-order valence-corrected chi connectivity index (χ2v) is 9.16. The number of ether oxygens (including phenoxy) is 1. The first-order valence-corrected chi connectivity index (χ1v) is 11.2. The Morgan fingerprint density at radius 1 is 1.12 bits per heavy atom. The smallest absolute Gasteiger partial charge is 0.410 e. The molecule has 1 aliphatic heterocycles. The normalized spacial score (nSPS) is 15.7. The number of likely N-dealkylation sites (tertiary alicyclic amines) is 1. The average molecular weight is 433 g/mol. The van der Waals surface area contributed by atoms with Gasteiger partial charge in [-0.2, -0.15) is 0 Å². The highest BCUT2D eigenvalue weighted by Crippen LogP contribution is 2.22. The number of nitrogens with zero attached hydrogens (tertiary/aromatic N) is 1. The van der Waals surface area contributed by atoms with Gasteiger partial charge in [0, 0.05) is 23.4 Å². The molecule has 1 saturated heterocycles. The molecule has 0 radical (unpaired) electrons. The van der Waals surface area contributed by atoms with E-state index in [4.69, 9.17) is 4.74 Å². The topological polar surface area (TPSA) is 58.6 Å². The van der Waals surface area contributed by atoms with Gasteiger partial charge in [0.2, 0.25) is 5.91 Å². The first-order valence-electron chi connectivity index (χ1n) is 11.2. The maximum absolute atomic E-state index is 12.8. The largest absolute Gasteiger partial charge is 0.444 e. The SMILES string of the molecule is CCc1cc(C)ccc1C#Cc1ccc(NC(=O)[C@H]2CCCN2C(=O)OC(C)(C)C)cc1. The number of hydrogen-bond donors (Lipinski definition) is 1. The molecule has 0 saturated carbocycles. The van der Waals surface area contributed by atoms with E-state index in [0.29, 0.717) is 18.7 Å². The molecule has 2 aromatic carbocycles. The molecule has 0 unspecified atom stereocenters. The monoisotopic (exact) mass is 432 g/mol. The van der Waals surface area contributed by atoms with Crippen molar-refractivity contribution in [3.05, 3.63) is 64.7 Å². The predicted molar refractivity (Wildman–Crippen MR) is 128 cm³/mol. The van der Waals surface area contributed by atoms with Crippen LogP contribution in [0.1, 0.15) is 62.8 Å². The van der Waals surface area contributed by atoms with Crippen molar-refractivity contribution in [2.75, 3.05) is 11.9 Å². The van der Waals surface area contributed by atoms with Crippen molar-refractivity contribution in [2.24, 2.45) is 0 Å². The maximum atomic E-state index is 12.8. The number of aryl methyl sites for hydroxylation is 2. The number of rotatable bonds is 3. The number of anilines is 1. The summed E-state index contributed by atoms with van der Waals surface area (Å²) in [6, 6.07) is 13.3. The zero-order chi connectivity index (χ0) is 23.3. The fourth-order valence-corrected chi connectivity index (χ4v) is 3.72. The predicted octanol–water partition coefficient (Wildman–Crippen LogP) is 5.30. The van der Waals surface area contributed by atoms with Gasteiger partial charge >= 0.3 is 6.09 Å². The Hall–Kier alpha value is -3.26. The van der Waals surface area contributed by atoms with E-state index in [0.717, 1.165) is 24.0 Å². The van der Waals surface area contributed by atoms with E-state index in [1.165, 1.54) is 16.0 Å². The van der Waals surface area contributed by atoms with Crippen molar-refractivity contribution < 1.29 is 14.3 Å². The first-order chi connectivity index (χ1) is 15.2. The Bertz CT molecular complexity index is 1040. The van der Waals surface area contributed by atoms with Gasteiger partial charge in [-0.05, 0) is 82.9 Å². The summed E-state index contributed by atoms with van der Waals surface area (Å²) >= 11 is 0. The van der Waals surface area contributed by atoms with Gasteiger partial charge in [0.05, 0.1) is 0 Å². The fourth-order valence-electron chi connectivity index (χ4n) is 3.72. The number of carbonyl (C=O) groups excluding carboxylic acids is 2. The summed E-state index contributed by atoms with van der Waals surface area (Å²) in [6.07, 6.45) is 1.91. The van der Waals surface area contributed by atoms with Gasteiger partial charge < -0.3 is 10.1 Å². The molecule has 1 N–H and O–H groups in total. The van der Waals surface area contributed by atoms with Crippen LogP contribution < -0.4 is 5.32 Å². The molecule has 168 valence electrons. The molecule has 0 aliphatic carbocycles. The van der Waals surface area contributed by atoms with Gasteiger partial charge in [0.25, 0.3) is 0 Å². The molecule has 32 heavy (non-hydrogen) atoms. The zero-order valence-electron chi connectivity index (χ0n) is 19.6. The molecule has 5 nitrogen and oxygen atoms in total. The second kappa shape index (κ2) is 9.91. The van der Waals surface area contributed by atoms with Crippen LogP contribution in [0, 0.1) is 18.8 Å². The van der Waals surface area contributed by atoms with Crippen LogP contribution in [0.2, 0.25) is 0 Å². The molecule has 1 heterocycles. The van der Waals surface area contributed by atoms with Gasteiger partial charge in [-0.3, -0.25) is 9.69 Å². The summed E-state index contributed by atoms with van der Waals surface area (Å²) in [5.41, 5.74) is 4.49. The fraction of sp³-hybridized carbons (Fsp3) is 0.407. The molecule has 1 fully saturated rings. The Balaban J connectivity index is 1.65. The van der Waals surface area contributed by atoms with Crippen molar-refractivity contribution in [1.29, 1.82) is 0 Å². The molecular weight excluding hydrogens is 400 g/mol. The zero-order valence-corrected chi connectivity index (χ0v) is 19.6. The Labute approximate surface area is 191 Å². The molecule has 1 aliphatic rings. The molecule has 0 aromatic heterocycles. The van der Waals surface area contributed by atoms with Crippen LogP contribution >= 0.6 is 0 Å². The lowest BCUT2D eigenvalue weighted by Crippen LogP contribution is -2.45. The van der Waals surface area contributed by atoms with Crippen LogP contribution in [0.3, 0.4) is 0 Å². The summed E-state index contributed by atoms with van der Waals surface area (Å²) in [6.45, 7) is 10.2. The van der Waals surface area contributed by atoms with E-state index >= 15 is 0 Å². The van der Waals surface area contributed by atoms with Crippen molar-refractivity contribution in [2.45, 2.75) is 65.5 Å². The summed E-state index contributed by atoms with van der Waals surface area (Å²) < 4.78 is 5.45. The van der Waals surface area contributed by atoms with Gasteiger partial charge in [0.1, 0.15) is 11.6 Å². The minimum Gasteiger partial charge on any atom is -0.444 e. The van der Waals surface area contributed by atoms with E-state index in [2.05, 4.69) is 49.2 Å². The van der Waals surface area contributed by atoms with E-state index < -0.39 is 17.7 Å². The van der Waals surface area contributed by atoms with Gasteiger partial charge in [-0.1, -0.05) is 36.5 Å². The number of hydrogen-bond acceptors (Lipinski definition) is 3. The van der Waals surface area contributed by atoms with Crippen LogP contribution in [-0.2, 0) is 16.0 Å². The lowest BCUT2D eigenvalue weighted by atomic mass is 10.0. The standard InChI is InChI=1S/C27H32N2O3/c1-6-21-18-19(2)9-13-22(21)14-10-20-11-15-23(16-12-20)28-25(30)24-8-7-17-29(24)26(31)32-27(3,4)5/h9,11-13,15-16,18,24H,6-8,17H2,1-5H3,(H,28,30)/t24-/m1/s1. The van der Waals surface area contributed by atoms with Crippen LogP contribution in [0.5, 0.6) is 0 Å². The van der Waals surface area contributed by atoms with Gasteiger partial charge in [-0.25, -0.2) is 4.79 Å². The van der Waals surface area contributed by atoms with Gasteiger partial charge in [0.15, 0.2) is 0 Å². The average Bonchev–Trinajstić information content (AvgIpc) is 3.23. The molecular formula is C27H32N2O3. The number of benzene rings is 2. The minimum atomic E-state index is -0.589. The Morgan fingerprint density at radius 3 is 2.50 bits per heavy atom. The van der Waals surface area contributed by atoms with Crippen LogP contribution in [0.4, 0.5) is 10.5 Å². The third-order valence-corrected chi connectivity index (χ3v) is 5.32. The second-order valence-electron chi connectivity index (χ2n) is 9.16. The maximum Gasteiger partial charge on any atom is 0.410 e. The van der Waals surface area contributed by atoms with Crippen molar-refractivity contribution in [3.63, 3.8) is 0 Å². The molecule has 1 atom stereocenters. The van der Waals surface area contributed by atoms with Crippen molar-refractivity contribution >= 4 is 17.7 Å². The van der Waals surface area contributed by atoms with E-state index in [-0.39, 0.29) is 5.91 Å². The summed E-state index contributed by atoms with van der Waals surface area (Å²) in [7, 11) is 0. The number of amides is 2. The van der Waals surface area contributed by atoms with Crippen LogP contribution in [0.25, 0.3) is 0 Å². The molecule has 0 spiro atoms. The first kappa shape index (κ1) is 23.4. The van der Waals surface area contributed by atoms with Crippen molar-refractivity contribution in [3.8, 4) is 11.8 Å². The van der Waals surface area contributed by atoms with Crippen molar-refractivity contribution in [1.82, 2.24) is 4.90 Å². The highest BCUT2D eigenvalue weighted by molar-refractivity contribution is 5.96. The van der Waals surface area contributed by atoms with Crippen LogP contribution in [-0.4, -0.2) is 35.1 Å². The molecule has 2 aromatic rings. The summed E-state index contributed by atoms with van der Waals surface area (Å²) in [5.74, 6) is 6.26. The highest BCUT2D eigenvalue weighted by Gasteiger charge is 2.36. The molecule has 0 bridgehead atoms. The van der Waals surface area contributed by atoms with E-state index in [1.54, 1.807) is 0 Å². The molecule has 2 amide bonds. The third-order valence-electron chi connectivity index (χ3n) is 5.32. The summed E-state index contributed by atoms with van der Waals surface area (Å²) in [5, 5.41) is 2.92. The highest BCUT2D eigenvalue weighted by atomic mass is 16.6. The number of carbonyl (C=O) groups is 2. The van der Waals surface area contributed by atoms with Crippen LogP contribution in [0.15, 0.2) is 42.5 Å². The quantitative estimate of drug-likeness (QED) is 0.670. The molecule has 5 heteroatoms. The lowest BCUT2D eigenvalue weighted by molar-refractivity contribution is -0.120. The lowest BCUT2D eigenvalue weighted by Gasteiger charge is -2.28. The minimum absolute atomic E-state index is 0.195. The third kappa shape index (κ3) is 6.13. The molecule has 3 rings (SSSR count). The van der Waals surface area contributed by atoms with E-state index in [9.17, 15) is 9.59 Å². The van der Waals surface area contributed by atoms with Gasteiger partial charge in [-0.15, -0.1) is 0 Å². The summed E-state index contributed by atoms with van der Waals surface area (Å²) in [4.78, 5) is 26.8. The Morgan fingerprint density at radius 2 is 1.84 bits per heavy atom. The van der Waals surface area contributed by atoms with E-state index in [1.807, 2.05) is 45.0 Å².